The fraction of sp³-hybridized carbons (Fsp3) is 0.417. The number of fused-ring (bicyclic) bond motifs is 1. The van der Waals surface area contributed by atoms with Gasteiger partial charge in [0.05, 0.1) is 10.6 Å². The first-order valence-electron chi connectivity index (χ1n) is 11.2. The topological polar surface area (TPSA) is 105 Å². The van der Waals surface area contributed by atoms with E-state index in [0.717, 1.165) is 11.1 Å². The van der Waals surface area contributed by atoms with Gasteiger partial charge < -0.3 is 15.4 Å². The number of piperidine rings is 1. The van der Waals surface area contributed by atoms with Gasteiger partial charge in [0.25, 0.3) is 5.91 Å². The minimum atomic E-state index is -3.75. The lowest BCUT2D eigenvalue weighted by atomic mass is 9.97. The van der Waals surface area contributed by atoms with Gasteiger partial charge >= 0.3 is 0 Å². The number of sulfonamides is 1. The number of aryl methyl sites for hydroxylation is 1. The van der Waals surface area contributed by atoms with Crippen LogP contribution in [-0.2, 0) is 26.2 Å². The first-order chi connectivity index (χ1) is 15.8. The first kappa shape index (κ1) is 23.3. The van der Waals surface area contributed by atoms with Crippen molar-refractivity contribution in [1.29, 1.82) is 0 Å². The maximum Gasteiger partial charge on any atom is 0.265 e. The van der Waals surface area contributed by atoms with Crippen molar-refractivity contribution >= 4 is 27.5 Å². The molecule has 1 fully saturated rings. The summed E-state index contributed by atoms with van der Waals surface area (Å²) in [6, 6.07) is 12.5. The van der Waals surface area contributed by atoms with Crippen LogP contribution in [-0.4, -0.2) is 43.7 Å². The number of carbonyl (C=O) groups excluding carboxylic acids is 2. The van der Waals surface area contributed by atoms with Crippen LogP contribution in [0.4, 0.5) is 5.69 Å². The molecule has 0 radical (unpaired) electrons. The number of nitrogens with zero attached hydrogens (tertiary/aromatic N) is 1. The van der Waals surface area contributed by atoms with E-state index in [1.807, 2.05) is 38.1 Å². The van der Waals surface area contributed by atoms with Crippen molar-refractivity contribution in [2.75, 3.05) is 18.4 Å². The summed E-state index contributed by atoms with van der Waals surface area (Å²) < 4.78 is 33.4. The average Bonchev–Trinajstić information content (AvgIpc) is 2.82. The number of hydrogen-bond donors (Lipinski definition) is 2. The molecule has 2 aliphatic rings. The highest BCUT2D eigenvalue weighted by atomic mass is 32.2. The van der Waals surface area contributed by atoms with E-state index in [1.165, 1.54) is 16.4 Å². The van der Waals surface area contributed by atoms with Gasteiger partial charge in [-0.2, -0.15) is 4.31 Å². The molecule has 4 rings (SSSR count). The second kappa shape index (κ2) is 9.52. The molecule has 9 heteroatoms. The van der Waals surface area contributed by atoms with Gasteiger partial charge in [-0.15, -0.1) is 0 Å². The number of anilines is 1. The molecule has 176 valence electrons. The third-order valence-corrected chi connectivity index (χ3v) is 8.09. The lowest BCUT2D eigenvalue weighted by molar-refractivity contribution is -0.126. The summed E-state index contributed by atoms with van der Waals surface area (Å²) in [6.07, 6.45) is 0.874. The molecule has 2 heterocycles. The summed E-state index contributed by atoms with van der Waals surface area (Å²) in [6.45, 7) is 4.85. The van der Waals surface area contributed by atoms with E-state index in [-0.39, 0.29) is 35.7 Å². The Hall–Kier alpha value is -2.91. The molecule has 33 heavy (non-hydrogen) atoms. The van der Waals surface area contributed by atoms with E-state index in [2.05, 4.69) is 10.6 Å². The fourth-order valence-electron chi connectivity index (χ4n) is 4.11. The smallest absolute Gasteiger partial charge is 0.265 e. The van der Waals surface area contributed by atoms with Crippen LogP contribution in [0.3, 0.4) is 0 Å². The van der Waals surface area contributed by atoms with Crippen LogP contribution in [0.2, 0.25) is 0 Å². The maximum absolute atomic E-state index is 13.2. The SMILES string of the molecule is CC[C@@H]1Oc2ccc(S(=O)(=O)N3CCC(C(=O)NCc4ccc(C)cc4)CC3)cc2NC1=O. The molecule has 0 aliphatic carbocycles. The average molecular weight is 472 g/mol. The molecular formula is C24H29N3O5S. The number of rotatable bonds is 6. The van der Waals surface area contributed by atoms with Crippen LogP contribution in [0.1, 0.15) is 37.3 Å². The predicted octanol–water partition coefficient (Wildman–Crippen LogP) is 2.82. The Bertz CT molecular complexity index is 1140. The highest BCUT2D eigenvalue weighted by molar-refractivity contribution is 7.89. The lowest BCUT2D eigenvalue weighted by Crippen LogP contribution is -2.43. The van der Waals surface area contributed by atoms with Gasteiger partial charge in [-0.1, -0.05) is 36.8 Å². The zero-order valence-corrected chi connectivity index (χ0v) is 19.7. The van der Waals surface area contributed by atoms with E-state index in [9.17, 15) is 18.0 Å². The molecule has 2 N–H and O–H groups in total. The summed E-state index contributed by atoms with van der Waals surface area (Å²) in [4.78, 5) is 24.7. The van der Waals surface area contributed by atoms with Crippen molar-refractivity contribution in [3.63, 3.8) is 0 Å². The van der Waals surface area contributed by atoms with Crippen molar-refractivity contribution in [2.45, 2.75) is 50.7 Å². The Balaban J connectivity index is 1.36. The maximum atomic E-state index is 13.2. The molecule has 1 saturated heterocycles. The van der Waals surface area contributed by atoms with Crippen molar-refractivity contribution in [2.24, 2.45) is 5.92 Å². The normalized spacial score (nSPS) is 19.3. The highest BCUT2D eigenvalue weighted by Gasteiger charge is 2.33. The predicted molar refractivity (Wildman–Crippen MR) is 124 cm³/mol. The molecule has 2 amide bonds. The molecule has 8 nitrogen and oxygen atoms in total. The van der Waals surface area contributed by atoms with Crippen LogP contribution >= 0.6 is 0 Å². The largest absolute Gasteiger partial charge is 0.478 e. The second-order valence-corrected chi connectivity index (χ2v) is 10.5. The monoisotopic (exact) mass is 471 g/mol. The van der Waals surface area contributed by atoms with E-state index >= 15 is 0 Å². The Kier molecular flexibility index (Phi) is 6.71. The molecular weight excluding hydrogens is 442 g/mol. The summed E-state index contributed by atoms with van der Waals surface area (Å²) in [5, 5.41) is 5.69. The van der Waals surface area contributed by atoms with Crippen molar-refractivity contribution in [3.8, 4) is 5.75 Å². The number of amides is 2. The van der Waals surface area contributed by atoms with Crippen LogP contribution < -0.4 is 15.4 Å². The molecule has 1 atom stereocenters. The van der Waals surface area contributed by atoms with Crippen molar-refractivity contribution in [3.05, 3.63) is 53.6 Å². The highest BCUT2D eigenvalue weighted by Crippen LogP contribution is 2.34. The standard InChI is InChI=1S/C24H29N3O5S/c1-3-21-24(29)26-20-14-19(8-9-22(20)32-21)33(30,31)27-12-10-18(11-13-27)23(28)25-15-17-6-4-16(2)5-7-17/h4-9,14,18,21H,3,10-13,15H2,1-2H3,(H,25,28)(H,26,29)/t21-/m0/s1. The zero-order chi connectivity index (χ0) is 23.6. The van der Waals surface area contributed by atoms with Crippen LogP contribution in [0.5, 0.6) is 5.75 Å². The minimum absolute atomic E-state index is 0.0493. The zero-order valence-electron chi connectivity index (χ0n) is 18.8. The molecule has 0 spiro atoms. The number of benzene rings is 2. The van der Waals surface area contributed by atoms with E-state index in [1.54, 1.807) is 6.07 Å². The van der Waals surface area contributed by atoms with E-state index < -0.39 is 16.1 Å². The van der Waals surface area contributed by atoms with Gasteiger partial charge in [0, 0.05) is 25.6 Å². The van der Waals surface area contributed by atoms with Gasteiger partial charge in [-0.25, -0.2) is 8.42 Å². The summed E-state index contributed by atoms with van der Waals surface area (Å²) >= 11 is 0. The Morgan fingerprint density at radius 3 is 2.52 bits per heavy atom. The molecule has 0 bridgehead atoms. The van der Waals surface area contributed by atoms with Crippen molar-refractivity contribution in [1.82, 2.24) is 9.62 Å². The van der Waals surface area contributed by atoms with E-state index in [4.69, 9.17) is 4.74 Å². The molecule has 2 aliphatic heterocycles. The van der Waals surface area contributed by atoms with Crippen LogP contribution in [0, 0.1) is 12.8 Å². The molecule has 0 saturated carbocycles. The Morgan fingerprint density at radius 1 is 1.15 bits per heavy atom. The third kappa shape index (κ3) is 5.04. The van der Waals surface area contributed by atoms with Crippen LogP contribution in [0.15, 0.2) is 47.4 Å². The van der Waals surface area contributed by atoms with Crippen molar-refractivity contribution < 1.29 is 22.7 Å². The summed E-state index contributed by atoms with van der Waals surface area (Å²) in [5.41, 5.74) is 2.55. The summed E-state index contributed by atoms with van der Waals surface area (Å²) in [5.74, 6) is -0.0859. The Labute approximate surface area is 194 Å². The molecule has 0 unspecified atom stereocenters. The second-order valence-electron chi connectivity index (χ2n) is 8.54. The minimum Gasteiger partial charge on any atom is -0.478 e. The molecule has 2 aromatic rings. The van der Waals surface area contributed by atoms with E-state index in [0.29, 0.717) is 37.2 Å². The number of ether oxygens (including phenoxy) is 1. The first-order valence-corrected chi connectivity index (χ1v) is 12.7. The van der Waals surface area contributed by atoms with Gasteiger partial charge in [-0.05, 0) is 49.9 Å². The molecule has 2 aromatic carbocycles. The Morgan fingerprint density at radius 2 is 1.85 bits per heavy atom. The van der Waals surface area contributed by atoms with Gasteiger partial charge in [0.15, 0.2) is 6.10 Å². The fourth-order valence-corrected chi connectivity index (χ4v) is 5.60. The number of hydrogen-bond acceptors (Lipinski definition) is 5. The number of nitrogens with one attached hydrogen (secondary N) is 2. The molecule has 0 aromatic heterocycles. The van der Waals surface area contributed by atoms with Crippen LogP contribution in [0.25, 0.3) is 0 Å². The summed E-state index contributed by atoms with van der Waals surface area (Å²) in [7, 11) is -3.75. The third-order valence-electron chi connectivity index (χ3n) is 6.19. The quantitative estimate of drug-likeness (QED) is 0.674. The van der Waals surface area contributed by atoms with Gasteiger partial charge in [0.1, 0.15) is 5.75 Å². The lowest BCUT2D eigenvalue weighted by Gasteiger charge is -2.31. The van der Waals surface area contributed by atoms with Gasteiger partial charge in [-0.3, -0.25) is 9.59 Å². The number of carbonyl (C=O) groups is 2. The van der Waals surface area contributed by atoms with Gasteiger partial charge in [0.2, 0.25) is 15.9 Å².